The predicted molar refractivity (Wildman–Crippen MR) is 82.1 cm³/mol. The lowest BCUT2D eigenvalue weighted by molar-refractivity contribution is -0.906. The number of nitriles is 1. The molecule has 112 valence electrons. The van der Waals surface area contributed by atoms with Crippen molar-refractivity contribution in [3.8, 4) is 6.07 Å². The number of likely N-dealkylation sites (tertiary alicyclic amines) is 1. The quantitative estimate of drug-likeness (QED) is 0.793. The molecule has 4 heteroatoms. The third-order valence-corrected chi connectivity index (χ3v) is 4.25. The van der Waals surface area contributed by atoms with E-state index in [2.05, 4.69) is 18.3 Å². The third kappa shape index (κ3) is 4.87. The summed E-state index contributed by atoms with van der Waals surface area (Å²) in [7, 11) is 0. The number of hydrogen-bond acceptors (Lipinski definition) is 2. The van der Waals surface area contributed by atoms with Gasteiger partial charge in [0.2, 0.25) is 0 Å². The first-order valence-electron chi connectivity index (χ1n) is 7.81. The van der Waals surface area contributed by atoms with Gasteiger partial charge in [-0.25, -0.2) is 0 Å². The van der Waals surface area contributed by atoms with E-state index in [9.17, 15) is 4.79 Å². The van der Waals surface area contributed by atoms with Gasteiger partial charge in [-0.2, -0.15) is 5.26 Å². The van der Waals surface area contributed by atoms with Crippen molar-refractivity contribution < 1.29 is 9.69 Å². The minimum Gasteiger partial charge on any atom is -0.352 e. The maximum atomic E-state index is 11.9. The molecule has 2 N–H and O–H groups in total. The lowest BCUT2D eigenvalue weighted by atomic mass is 9.99. The molecule has 1 aliphatic rings. The van der Waals surface area contributed by atoms with Gasteiger partial charge in [-0.15, -0.1) is 0 Å². The molecule has 0 atom stereocenters. The Balaban J connectivity index is 1.66. The number of benzene rings is 1. The van der Waals surface area contributed by atoms with Crippen molar-refractivity contribution in [1.29, 1.82) is 5.26 Å². The van der Waals surface area contributed by atoms with E-state index in [-0.39, 0.29) is 5.91 Å². The van der Waals surface area contributed by atoms with Gasteiger partial charge in [0.15, 0.2) is 0 Å². The Morgan fingerprint density at radius 3 is 2.62 bits per heavy atom. The van der Waals surface area contributed by atoms with Crippen LogP contribution >= 0.6 is 0 Å². The van der Waals surface area contributed by atoms with Gasteiger partial charge in [-0.1, -0.05) is 6.92 Å². The molecule has 1 amide bonds. The fraction of sp³-hybridized carbons (Fsp3) is 0.529. The molecule has 0 aromatic heterocycles. The predicted octanol–water partition coefficient (Wildman–Crippen LogP) is 0.993. The van der Waals surface area contributed by atoms with Crippen LogP contribution in [0.2, 0.25) is 0 Å². The van der Waals surface area contributed by atoms with Crippen molar-refractivity contribution in [3.05, 3.63) is 35.4 Å². The number of quaternary nitrogens is 1. The zero-order valence-electron chi connectivity index (χ0n) is 12.7. The zero-order chi connectivity index (χ0) is 15.1. The number of nitrogens with one attached hydrogen (secondary N) is 2. The van der Waals surface area contributed by atoms with Crippen LogP contribution in [0, 0.1) is 17.2 Å². The Hall–Kier alpha value is -1.86. The summed E-state index contributed by atoms with van der Waals surface area (Å²) in [4.78, 5) is 13.6. The average Bonchev–Trinajstić information content (AvgIpc) is 2.53. The Morgan fingerprint density at radius 1 is 1.33 bits per heavy atom. The van der Waals surface area contributed by atoms with Crippen molar-refractivity contribution in [2.45, 2.75) is 26.2 Å². The van der Waals surface area contributed by atoms with Crippen molar-refractivity contribution in [2.24, 2.45) is 5.92 Å². The largest absolute Gasteiger partial charge is 0.352 e. The van der Waals surface area contributed by atoms with Crippen LogP contribution in [0.25, 0.3) is 0 Å². The molecule has 0 saturated carbocycles. The molecular weight excluding hydrogens is 262 g/mol. The standard InChI is InChI=1S/C17H23N3O/c1-14-7-11-20(12-8-14)10-2-9-19-17(21)16-5-3-15(13-18)4-6-16/h3-6,14H,2,7-12H2,1H3,(H,19,21)/p+1. The number of rotatable bonds is 5. The first kappa shape index (κ1) is 15.5. The molecule has 1 aromatic carbocycles. The minimum absolute atomic E-state index is 0.0539. The van der Waals surface area contributed by atoms with Gasteiger partial charge < -0.3 is 10.2 Å². The Bertz CT molecular complexity index is 496. The van der Waals surface area contributed by atoms with Gasteiger partial charge >= 0.3 is 0 Å². The highest BCUT2D eigenvalue weighted by Gasteiger charge is 2.18. The Labute approximate surface area is 126 Å². The van der Waals surface area contributed by atoms with Gasteiger partial charge in [0.25, 0.3) is 5.91 Å². The molecule has 0 spiro atoms. The SMILES string of the molecule is CC1CC[NH+](CCCNC(=O)c2ccc(C#N)cc2)CC1. The van der Waals surface area contributed by atoms with Crippen LogP contribution in [0.15, 0.2) is 24.3 Å². The summed E-state index contributed by atoms with van der Waals surface area (Å²) in [5.74, 6) is 0.826. The lowest BCUT2D eigenvalue weighted by Gasteiger charge is -2.27. The van der Waals surface area contributed by atoms with Gasteiger partial charge in [0.05, 0.1) is 31.3 Å². The van der Waals surface area contributed by atoms with Crippen LogP contribution in [0.3, 0.4) is 0 Å². The first-order valence-corrected chi connectivity index (χ1v) is 7.81. The summed E-state index contributed by atoms with van der Waals surface area (Å²) in [6.07, 6.45) is 3.67. The maximum absolute atomic E-state index is 11.9. The van der Waals surface area contributed by atoms with Crippen molar-refractivity contribution in [3.63, 3.8) is 0 Å². The lowest BCUT2D eigenvalue weighted by Crippen LogP contribution is -3.13. The molecule has 0 bridgehead atoms. The van der Waals surface area contributed by atoms with Gasteiger partial charge in [0.1, 0.15) is 0 Å². The fourth-order valence-electron chi connectivity index (χ4n) is 2.76. The zero-order valence-corrected chi connectivity index (χ0v) is 12.7. The fourth-order valence-corrected chi connectivity index (χ4v) is 2.76. The summed E-state index contributed by atoms with van der Waals surface area (Å²) in [5.41, 5.74) is 1.20. The number of carbonyl (C=O) groups excluding carboxylic acids is 1. The number of amides is 1. The molecule has 0 unspecified atom stereocenters. The molecule has 0 aliphatic carbocycles. The monoisotopic (exact) mass is 286 g/mol. The van der Waals surface area contributed by atoms with Gasteiger partial charge in [0, 0.05) is 18.5 Å². The summed E-state index contributed by atoms with van der Waals surface area (Å²) in [6, 6.07) is 8.80. The van der Waals surface area contributed by atoms with Crippen LogP contribution in [-0.2, 0) is 0 Å². The normalized spacial score (nSPS) is 21.5. The van der Waals surface area contributed by atoms with Crippen LogP contribution in [-0.4, -0.2) is 32.1 Å². The summed E-state index contributed by atoms with van der Waals surface area (Å²) >= 11 is 0. The maximum Gasteiger partial charge on any atom is 0.251 e. The van der Waals surface area contributed by atoms with E-state index in [1.165, 1.54) is 25.9 Å². The van der Waals surface area contributed by atoms with E-state index in [0.29, 0.717) is 11.1 Å². The van der Waals surface area contributed by atoms with E-state index in [4.69, 9.17) is 5.26 Å². The Kier molecular flexibility index (Phi) is 5.77. The number of carbonyl (C=O) groups is 1. The highest BCUT2D eigenvalue weighted by Crippen LogP contribution is 2.06. The van der Waals surface area contributed by atoms with Crippen LogP contribution in [0.4, 0.5) is 0 Å². The number of hydrogen-bond donors (Lipinski definition) is 2. The van der Waals surface area contributed by atoms with Gasteiger partial charge in [-0.05, 0) is 43.0 Å². The Morgan fingerprint density at radius 2 is 2.00 bits per heavy atom. The van der Waals surface area contributed by atoms with Gasteiger partial charge in [-0.3, -0.25) is 4.79 Å². The van der Waals surface area contributed by atoms with Crippen molar-refractivity contribution in [1.82, 2.24) is 5.32 Å². The van der Waals surface area contributed by atoms with Crippen LogP contribution in [0.1, 0.15) is 42.1 Å². The molecule has 1 aliphatic heterocycles. The highest BCUT2D eigenvalue weighted by atomic mass is 16.1. The van der Waals surface area contributed by atoms with Crippen LogP contribution in [0.5, 0.6) is 0 Å². The summed E-state index contributed by atoms with van der Waals surface area (Å²) in [5, 5.41) is 11.7. The smallest absolute Gasteiger partial charge is 0.251 e. The number of piperidine rings is 1. The van der Waals surface area contributed by atoms with E-state index in [0.717, 1.165) is 25.4 Å². The second kappa shape index (κ2) is 7.80. The van der Waals surface area contributed by atoms with E-state index >= 15 is 0 Å². The second-order valence-electron chi connectivity index (χ2n) is 5.98. The molecule has 21 heavy (non-hydrogen) atoms. The summed E-state index contributed by atoms with van der Waals surface area (Å²) in [6.45, 7) is 6.72. The minimum atomic E-state index is -0.0539. The van der Waals surface area contributed by atoms with Crippen molar-refractivity contribution >= 4 is 5.91 Å². The molecule has 1 fully saturated rings. The highest BCUT2D eigenvalue weighted by molar-refractivity contribution is 5.94. The topological polar surface area (TPSA) is 57.3 Å². The molecule has 4 nitrogen and oxygen atoms in total. The molecule has 2 rings (SSSR count). The van der Waals surface area contributed by atoms with E-state index < -0.39 is 0 Å². The molecule has 0 radical (unpaired) electrons. The van der Waals surface area contributed by atoms with E-state index in [1.54, 1.807) is 29.2 Å². The number of nitrogens with zero attached hydrogens (tertiary/aromatic N) is 1. The van der Waals surface area contributed by atoms with E-state index in [1.807, 2.05) is 0 Å². The molecule has 1 saturated heterocycles. The third-order valence-electron chi connectivity index (χ3n) is 4.25. The molecule has 1 aromatic rings. The second-order valence-corrected chi connectivity index (χ2v) is 5.98. The molecule has 1 heterocycles. The van der Waals surface area contributed by atoms with Crippen molar-refractivity contribution in [2.75, 3.05) is 26.2 Å². The molecular formula is C17H24N3O+. The first-order chi connectivity index (χ1) is 10.2. The van der Waals surface area contributed by atoms with Crippen LogP contribution < -0.4 is 10.2 Å². The average molecular weight is 286 g/mol. The summed E-state index contributed by atoms with van der Waals surface area (Å²) < 4.78 is 0.